The molecule has 0 bridgehead atoms. The summed E-state index contributed by atoms with van der Waals surface area (Å²) in [5.41, 5.74) is 0.200. The fourth-order valence-corrected chi connectivity index (χ4v) is 4.61. The van der Waals surface area contributed by atoms with E-state index >= 15 is 0 Å². The maximum atomic E-state index is 14.9. The molecule has 0 atom stereocenters. The maximum Gasteiger partial charge on any atom is 0.237 e. The zero-order chi connectivity index (χ0) is 22.9. The van der Waals surface area contributed by atoms with Crippen LogP contribution in [-0.2, 0) is 15.8 Å². The highest BCUT2D eigenvalue weighted by Gasteiger charge is 2.19. The van der Waals surface area contributed by atoms with Crippen molar-refractivity contribution in [1.29, 1.82) is 0 Å². The van der Waals surface area contributed by atoms with Gasteiger partial charge in [-0.2, -0.15) is 5.10 Å². The second-order valence-corrected chi connectivity index (χ2v) is 9.23. The number of hydrogen-bond donors (Lipinski definition) is 2. The zero-order valence-corrected chi connectivity index (χ0v) is 18.3. The van der Waals surface area contributed by atoms with E-state index in [1.807, 2.05) is 0 Å². The summed E-state index contributed by atoms with van der Waals surface area (Å²) in [6, 6.07) is 7.90. The minimum atomic E-state index is -4.07. The van der Waals surface area contributed by atoms with Crippen LogP contribution in [0.5, 0.6) is 0 Å². The molecule has 4 aromatic rings. The zero-order valence-electron chi connectivity index (χ0n) is 16.0. The Balaban J connectivity index is 1.62. The van der Waals surface area contributed by atoms with Crippen LogP contribution in [-0.4, -0.2) is 23.6 Å². The monoisotopic (exact) mass is 492 g/mol. The molecule has 0 radical (unpaired) electrons. The molecule has 162 valence electrons. The second-order valence-electron chi connectivity index (χ2n) is 6.66. The number of fused-ring (bicyclic) bond motifs is 1. The van der Waals surface area contributed by atoms with Gasteiger partial charge in [0.2, 0.25) is 10.0 Å². The molecule has 0 fully saturated rings. The number of aromatic amines is 1. The Morgan fingerprint density at radius 1 is 1.06 bits per heavy atom. The summed E-state index contributed by atoms with van der Waals surface area (Å²) < 4.78 is 56.3. The van der Waals surface area contributed by atoms with Crippen molar-refractivity contribution in [1.82, 2.24) is 15.2 Å². The quantitative estimate of drug-likeness (QED) is 0.397. The first-order chi connectivity index (χ1) is 15.2. The van der Waals surface area contributed by atoms with Crippen LogP contribution in [0.1, 0.15) is 16.7 Å². The van der Waals surface area contributed by atoms with Gasteiger partial charge in [-0.05, 0) is 35.9 Å². The number of sulfonamides is 1. The topological polar surface area (TPSA) is 87.7 Å². The summed E-state index contributed by atoms with van der Waals surface area (Å²) >= 11 is 11.8. The van der Waals surface area contributed by atoms with E-state index in [4.69, 9.17) is 23.2 Å². The first kappa shape index (κ1) is 22.0. The SMILES string of the molecule is O=S(=O)(Cc1ccc(Cl)cc1Cl)Nc1ccc(F)c(C#Cc2cnc3[nH]ncc3c2)c1F. The summed E-state index contributed by atoms with van der Waals surface area (Å²) in [7, 11) is -4.07. The molecule has 0 aliphatic heterocycles. The van der Waals surface area contributed by atoms with E-state index in [1.165, 1.54) is 30.6 Å². The minimum Gasteiger partial charge on any atom is -0.280 e. The lowest BCUT2D eigenvalue weighted by Gasteiger charge is -2.11. The predicted molar refractivity (Wildman–Crippen MR) is 119 cm³/mol. The second kappa shape index (κ2) is 8.74. The number of anilines is 1. The predicted octanol–water partition coefficient (Wildman–Crippen LogP) is 4.88. The highest BCUT2D eigenvalue weighted by Crippen LogP contribution is 2.26. The average Bonchev–Trinajstić information content (AvgIpc) is 3.20. The van der Waals surface area contributed by atoms with Crippen LogP contribution < -0.4 is 4.72 Å². The Morgan fingerprint density at radius 2 is 1.88 bits per heavy atom. The summed E-state index contributed by atoms with van der Waals surface area (Å²) in [5.74, 6) is 2.43. The molecule has 6 nitrogen and oxygen atoms in total. The molecule has 0 aliphatic rings. The van der Waals surface area contributed by atoms with Crippen LogP contribution in [0.2, 0.25) is 10.0 Å². The highest BCUT2D eigenvalue weighted by atomic mass is 35.5. The Kier molecular flexibility index (Phi) is 6.02. The van der Waals surface area contributed by atoms with E-state index < -0.39 is 38.7 Å². The third-order valence-electron chi connectivity index (χ3n) is 4.34. The third kappa shape index (κ3) is 4.83. The smallest absolute Gasteiger partial charge is 0.237 e. The molecular weight excluding hydrogens is 481 g/mol. The number of aromatic nitrogens is 3. The van der Waals surface area contributed by atoms with Crippen LogP contribution in [0.3, 0.4) is 0 Å². The van der Waals surface area contributed by atoms with Crippen LogP contribution in [0.25, 0.3) is 11.0 Å². The van der Waals surface area contributed by atoms with Gasteiger partial charge in [0, 0.05) is 27.2 Å². The molecule has 2 aromatic heterocycles. The van der Waals surface area contributed by atoms with E-state index in [2.05, 4.69) is 31.7 Å². The van der Waals surface area contributed by atoms with Crippen molar-refractivity contribution in [2.45, 2.75) is 5.75 Å². The molecule has 0 spiro atoms. The highest BCUT2D eigenvalue weighted by molar-refractivity contribution is 7.91. The van der Waals surface area contributed by atoms with Crippen LogP contribution in [0, 0.1) is 23.5 Å². The minimum absolute atomic E-state index is 0.150. The van der Waals surface area contributed by atoms with Gasteiger partial charge in [0.05, 0.1) is 23.2 Å². The van der Waals surface area contributed by atoms with Gasteiger partial charge in [-0.3, -0.25) is 9.82 Å². The molecular formula is C21H12Cl2F2N4O2S. The molecule has 0 aliphatic carbocycles. The van der Waals surface area contributed by atoms with E-state index in [-0.39, 0.29) is 10.6 Å². The first-order valence-electron chi connectivity index (χ1n) is 8.95. The van der Waals surface area contributed by atoms with Crippen molar-refractivity contribution in [2.24, 2.45) is 0 Å². The standard InChI is InChI=1S/C21H12Cl2F2N4O2S/c22-15-3-2-13(17(23)8-15)11-32(30,31)29-19-6-5-18(24)16(20(19)25)4-1-12-7-14-10-27-28-21(14)26-9-12/h2-3,5-10,29H,11H2,(H,26,27,28). The summed E-state index contributed by atoms with van der Waals surface area (Å²) in [6.07, 6.45) is 2.96. The van der Waals surface area contributed by atoms with Gasteiger partial charge in [0.15, 0.2) is 11.5 Å². The van der Waals surface area contributed by atoms with Gasteiger partial charge in [-0.1, -0.05) is 41.1 Å². The van der Waals surface area contributed by atoms with Crippen LogP contribution in [0.4, 0.5) is 14.5 Å². The lowest BCUT2D eigenvalue weighted by molar-refractivity contribution is 0.577. The Bertz CT molecular complexity index is 1510. The fourth-order valence-electron chi connectivity index (χ4n) is 2.83. The number of hydrogen-bond acceptors (Lipinski definition) is 4. The molecule has 11 heteroatoms. The van der Waals surface area contributed by atoms with Crippen molar-refractivity contribution >= 4 is 49.9 Å². The Labute approximate surface area is 191 Å². The molecule has 0 amide bonds. The number of H-pyrrole nitrogens is 1. The Morgan fingerprint density at radius 3 is 2.66 bits per heavy atom. The van der Waals surface area contributed by atoms with Crippen molar-refractivity contribution in [2.75, 3.05) is 4.72 Å². The summed E-state index contributed by atoms with van der Waals surface area (Å²) in [4.78, 5) is 4.10. The normalized spacial score (nSPS) is 11.2. The Hall–Kier alpha value is -3.19. The van der Waals surface area contributed by atoms with Gasteiger partial charge >= 0.3 is 0 Å². The summed E-state index contributed by atoms with van der Waals surface area (Å²) in [6.45, 7) is 0. The molecule has 32 heavy (non-hydrogen) atoms. The van der Waals surface area contributed by atoms with Gasteiger partial charge in [-0.15, -0.1) is 0 Å². The average molecular weight is 493 g/mol. The largest absolute Gasteiger partial charge is 0.280 e. The number of rotatable bonds is 4. The molecule has 0 saturated carbocycles. The van der Waals surface area contributed by atoms with E-state index in [9.17, 15) is 17.2 Å². The van der Waals surface area contributed by atoms with Gasteiger partial charge in [-0.25, -0.2) is 22.2 Å². The van der Waals surface area contributed by atoms with E-state index in [0.29, 0.717) is 21.6 Å². The van der Waals surface area contributed by atoms with E-state index in [0.717, 1.165) is 12.1 Å². The summed E-state index contributed by atoms with van der Waals surface area (Å²) in [5, 5.41) is 7.70. The molecule has 0 unspecified atom stereocenters. The molecule has 2 aromatic carbocycles. The van der Waals surface area contributed by atoms with Crippen LogP contribution in [0.15, 0.2) is 48.8 Å². The van der Waals surface area contributed by atoms with Gasteiger partial charge < -0.3 is 0 Å². The number of nitrogens with one attached hydrogen (secondary N) is 2. The maximum absolute atomic E-state index is 14.9. The number of nitrogens with zero attached hydrogens (tertiary/aromatic N) is 2. The van der Waals surface area contributed by atoms with Gasteiger partial charge in [0.25, 0.3) is 0 Å². The molecule has 2 N–H and O–H groups in total. The van der Waals surface area contributed by atoms with Crippen molar-refractivity contribution in [3.8, 4) is 11.8 Å². The third-order valence-corrected chi connectivity index (χ3v) is 6.15. The van der Waals surface area contributed by atoms with Crippen LogP contribution >= 0.6 is 23.2 Å². The fraction of sp³-hybridized carbons (Fsp3) is 0.0476. The molecule has 2 heterocycles. The number of benzene rings is 2. The lowest BCUT2D eigenvalue weighted by atomic mass is 10.1. The van der Waals surface area contributed by atoms with Crippen molar-refractivity contribution in [3.05, 3.63) is 87.2 Å². The van der Waals surface area contributed by atoms with Gasteiger partial charge in [0.1, 0.15) is 5.82 Å². The number of pyridine rings is 1. The van der Waals surface area contributed by atoms with Crippen molar-refractivity contribution in [3.63, 3.8) is 0 Å². The molecule has 4 rings (SSSR count). The van der Waals surface area contributed by atoms with E-state index in [1.54, 1.807) is 6.07 Å². The first-order valence-corrected chi connectivity index (χ1v) is 11.4. The molecule has 0 saturated heterocycles. The number of halogens is 4. The van der Waals surface area contributed by atoms with Crippen molar-refractivity contribution < 1.29 is 17.2 Å². The lowest BCUT2D eigenvalue weighted by Crippen LogP contribution is -2.16.